The number of urea groups is 1. The first-order chi connectivity index (χ1) is 14.3. The molecule has 1 aromatic heterocycles. The first-order valence-electron chi connectivity index (χ1n) is 8.45. The zero-order valence-corrected chi connectivity index (χ0v) is 17.3. The lowest BCUT2D eigenvalue weighted by Gasteiger charge is -2.16. The van der Waals surface area contributed by atoms with E-state index in [-0.39, 0.29) is 41.6 Å². The second-order valence-corrected chi connectivity index (χ2v) is 7.32. The summed E-state index contributed by atoms with van der Waals surface area (Å²) in [6.07, 6.45) is -1.26. The van der Waals surface area contributed by atoms with Gasteiger partial charge in [-0.25, -0.2) is 17.9 Å². The Hall–Kier alpha value is -3.00. The van der Waals surface area contributed by atoms with E-state index in [0.717, 1.165) is 0 Å². The maximum atomic E-state index is 12.7. The average molecular weight is 442 g/mol. The molecule has 0 aliphatic rings. The number of benzene rings is 1. The first kappa shape index (κ1) is 23.3. The summed E-state index contributed by atoms with van der Waals surface area (Å²) < 4.78 is 46.9. The number of aromatic nitrogens is 2. The first-order valence-corrected chi connectivity index (χ1v) is 9.93. The summed E-state index contributed by atoms with van der Waals surface area (Å²) in [5.41, 5.74) is 0.0493. The molecule has 164 valence electrons. The molecule has 2 rings (SSSR count). The van der Waals surface area contributed by atoms with Crippen LogP contribution in [0.25, 0.3) is 0 Å². The lowest BCUT2D eigenvalue weighted by atomic mass is 10.1. The number of carbonyl (C=O) groups excluding carboxylic acids is 1. The van der Waals surface area contributed by atoms with E-state index in [0.29, 0.717) is 0 Å². The zero-order valence-electron chi connectivity index (χ0n) is 16.5. The van der Waals surface area contributed by atoms with Gasteiger partial charge in [0.15, 0.2) is 0 Å². The monoisotopic (exact) mass is 442 g/mol. The minimum absolute atomic E-state index is 0.0493. The van der Waals surface area contributed by atoms with E-state index < -0.39 is 22.2 Å². The van der Waals surface area contributed by atoms with E-state index in [2.05, 4.69) is 15.3 Å². The summed E-state index contributed by atoms with van der Waals surface area (Å²) in [6, 6.07) is 5.91. The van der Waals surface area contributed by atoms with Crippen LogP contribution in [0.1, 0.15) is 11.7 Å². The van der Waals surface area contributed by atoms with Gasteiger partial charge in [-0.1, -0.05) is 18.2 Å². The van der Waals surface area contributed by atoms with Crippen LogP contribution in [0.4, 0.5) is 10.7 Å². The molecule has 1 aromatic carbocycles. The molecule has 0 saturated carbocycles. The fraction of sp³-hybridized carbons (Fsp3) is 0.353. The Morgan fingerprint density at radius 2 is 1.77 bits per heavy atom. The fourth-order valence-electron chi connectivity index (χ4n) is 2.31. The van der Waals surface area contributed by atoms with Crippen LogP contribution in [0.3, 0.4) is 0 Å². The highest BCUT2D eigenvalue weighted by atomic mass is 32.2. The minimum Gasteiger partial charge on any atom is -0.481 e. The van der Waals surface area contributed by atoms with Gasteiger partial charge in [0.25, 0.3) is 10.0 Å². The van der Waals surface area contributed by atoms with Gasteiger partial charge in [-0.05, 0) is 6.07 Å². The standard InChI is InChI=1S/C17H22N4O8S/c1-26-10-29-9-12(22)11-6-4-5-7-13(11)30(24,25)21-17(23)20-16-18-14(27-2)8-15(19-16)28-3/h4-8,12,22H,9-10H2,1-3H3,(H2,18,19,20,21,23). The molecule has 2 amide bonds. The van der Waals surface area contributed by atoms with Crippen LogP contribution in [0, 0.1) is 0 Å². The molecule has 2 aromatic rings. The average Bonchev–Trinajstić information content (AvgIpc) is 2.73. The molecule has 13 heteroatoms. The number of aliphatic hydroxyl groups is 1. The number of carbonyl (C=O) groups is 1. The number of rotatable bonds is 10. The molecule has 0 fully saturated rings. The van der Waals surface area contributed by atoms with Crippen molar-refractivity contribution in [1.29, 1.82) is 0 Å². The molecule has 30 heavy (non-hydrogen) atoms. The van der Waals surface area contributed by atoms with Gasteiger partial charge in [-0.2, -0.15) is 9.97 Å². The van der Waals surface area contributed by atoms with Crippen molar-refractivity contribution in [3.8, 4) is 11.8 Å². The SMILES string of the molecule is COCOCC(O)c1ccccc1S(=O)(=O)NC(=O)Nc1nc(OC)cc(OC)n1. The second-order valence-electron chi connectivity index (χ2n) is 5.67. The van der Waals surface area contributed by atoms with Gasteiger partial charge in [0, 0.05) is 12.7 Å². The van der Waals surface area contributed by atoms with E-state index in [1.165, 1.54) is 45.6 Å². The lowest BCUT2D eigenvalue weighted by Crippen LogP contribution is -2.35. The van der Waals surface area contributed by atoms with Crippen molar-refractivity contribution < 1.29 is 37.3 Å². The van der Waals surface area contributed by atoms with Crippen molar-refractivity contribution >= 4 is 22.0 Å². The van der Waals surface area contributed by atoms with Gasteiger partial charge < -0.3 is 24.1 Å². The third kappa shape index (κ3) is 6.25. The molecule has 12 nitrogen and oxygen atoms in total. The van der Waals surface area contributed by atoms with Crippen LogP contribution in [-0.4, -0.2) is 64.3 Å². The van der Waals surface area contributed by atoms with Gasteiger partial charge in [0.05, 0.1) is 31.8 Å². The van der Waals surface area contributed by atoms with Crippen LogP contribution in [0.5, 0.6) is 11.8 Å². The summed E-state index contributed by atoms with van der Waals surface area (Å²) in [7, 11) is -0.221. The number of sulfonamides is 1. The van der Waals surface area contributed by atoms with E-state index in [4.69, 9.17) is 18.9 Å². The minimum atomic E-state index is -4.34. The van der Waals surface area contributed by atoms with Crippen molar-refractivity contribution in [3.05, 3.63) is 35.9 Å². The van der Waals surface area contributed by atoms with E-state index in [9.17, 15) is 18.3 Å². The lowest BCUT2D eigenvalue weighted by molar-refractivity contribution is -0.0626. The molecule has 3 N–H and O–H groups in total. The van der Waals surface area contributed by atoms with E-state index in [1.807, 2.05) is 4.72 Å². The summed E-state index contributed by atoms with van der Waals surface area (Å²) >= 11 is 0. The Bertz CT molecular complexity index is 948. The molecule has 0 bridgehead atoms. The molecule has 0 saturated heterocycles. The predicted molar refractivity (Wildman–Crippen MR) is 104 cm³/mol. The number of hydrogen-bond acceptors (Lipinski definition) is 10. The topological polar surface area (TPSA) is 158 Å². The molecule has 1 heterocycles. The number of anilines is 1. The molecule has 0 spiro atoms. The van der Waals surface area contributed by atoms with Crippen molar-refractivity contribution in [2.45, 2.75) is 11.0 Å². The van der Waals surface area contributed by atoms with E-state index in [1.54, 1.807) is 6.07 Å². The van der Waals surface area contributed by atoms with Gasteiger partial charge in [-0.15, -0.1) is 0 Å². The number of ether oxygens (including phenoxy) is 4. The number of nitrogens with one attached hydrogen (secondary N) is 2. The molecule has 0 aliphatic carbocycles. The van der Waals surface area contributed by atoms with Crippen molar-refractivity contribution in [3.63, 3.8) is 0 Å². The Kier molecular flexibility index (Phi) is 8.29. The molecular weight excluding hydrogens is 420 g/mol. The Morgan fingerprint density at radius 3 is 2.37 bits per heavy atom. The highest BCUT2D eigenvalue weighted by molar-refractivity contribution is 7.90. The largest absolute Gasteiger partial charge is 0.481 e. The summed E-state index contributed by atoms with van der Waals surface area (Å²) in [5, 5.41) is 12.4. The predicted octanol–water partition coefficient (Wildman–Crippen LogP) is 0.658. The number of amides is 2. The molecule has 0 aliphatic heterocycles. The summed E-state index contributed by atoms with van der Waals surface area (Å²) in [5.74, 6) is -0.0331. The van der Waals surface area contributed by atoms with Crippen LogP contribution in [0.15, 0.2) is 35.2 Å². The Labute approximate surface area is 173 Å². The molecule has 1 atom stereocenters. The smallest absolute Gasteiger partial charge is 0.335 e. The van der Waals surface area contributed by atoms with Crippen molar-refractivity contribution in [1.82, 2.24) is 14.7 Å². The summed E-state index contributed by atoms with van der Waals surface area (Å²) in [6.45, 7) is -0.277. The summed E-state index contributed by atoms with van der Waals surface area (Å²) in [4.78, 5) is 19.7. The highest BCUT2D eigenvalue weighted by Crippen LogP contribution is 2.23. The molecule has 0 radical (unpaired) electrons. The Balaban J connectivity index is 2.18. The van der Waals surface area contributed by atoms with Gasteiger partial charge >= 0.3 is 6.03 Å². The van der Waals surface area contributed by atoms with Crippen LogP contribution >= 0.6 is 0 Å². The molecule has 1 unspecified atom stereocenters. The third-order valence-electron chi connectivity index (χ3n) is 3.59. The number of methoxy groups -OCH3 is 3. The van der Waals surface area contributed by atoms with Gasteiger partial charge in [0.2, 0.25) is 17.7 Å². The second kappa shape index (κ2) is 10.7. The quantitative estimate of drug-likeness (QED) is 0.352. The van der Waals surface area contributed by atoms with Crippen molar-refractivity contribution in [2.24, 2.45) is 0 Å². The number of nitrogens with zero attached hydrogens (tertiary/aromatic N) is 2. The van der Waals surface area contributed by atoms with Crippen molar-refractivity contribution in [2.75, 3.05) is 40.0 Å². The fourth-order valence-corrected chi connectivity index (χ4v) is 3.48. The Morgan fingerprint density at radius 1 is 1.13 bits per heavy atom. The number of hydrogen-bond donors (Lipinski definition) is 3. The van der Waals surface area contributed by atoms with Gasteiger partial charge in [-0.3, -0.25) is 5.32 Å². The van der Waals surface area contributed by atoms with Crippen LogP contribution < -0.4 is 19.5 Å². The zero-order chi connectivity index (χ0) is 22.1. The number of aliphatic hydroxyl groups excluding tert-OH is 1. The van der Waals surface area contributed by atoms with Gasteiger partial charge in [0.1, 0.15) is 12.9 Å². The third-order valence-corrected chi connectivity index (χ3v) is 5.00. The van der Waals surface area contributed by atoms with Crippen LogP contribution in [0.2, 0.25) is 0 Å². The maximum Gasteiger partial charge on any atom is 0.335 e. The maximum absolute atomic E-state index is 12.7. The van der Waals surface area contributed by atoms with Crippen LogP contribution in [-0.2, 0) is 19.5 Å². The normalized spacial score (nSPS) is 12.1. The van der Waals surface area contributed by atoms with E-state index >= 15 is 0 Å². The molecular formula is C17H22N4O8S. The highest BCUT2D eigenvalue weighted by Gasteiger charge is 2.25.